The van der Waals surface area contributed by atoms with Gasteiger partial charge in [0.15, 0.2) is 5.75 Å². The zero-order valence-corrected chi connectivity index (χ0v) is 48.3. The van der Waals surface area contributed by atoms with Gasteiger partial charge in [-0.3, -0.25) is 29.3 Å². The van der Waals surface area contributed by atoms with Gasteiger partial charge in [-0.25, -0.2) is 8.42 Å². The molecule has 7 N–H and O–H groups in total. The Balaban J connectivity index is 0.000000328. The fraction of sp³-hybridized carbons (Fsp3) is 0. The van der Waals surface area contributed by atoms with Crippen molar-refractivity contribution < 1.29 is 161 Å². The van der Waals surface area contributed by atoms with Crippen molar-refractivity contribution in [1.29, 1.82) is 0 Å². The maximum Gasteiger partial charge on any atom is 3.00 e. The first kappa shape index (κ1) is 65.2. The van der Waals surface area contributed by atoms with Crippen LogP contribution in [0.1, 0.15) is 0 Å². The number of hydrogen-bond donors (Lipinski definition) is 7. The van der Waals surface area contributed by atoms with Crippen LogP contribution >= 0.6 is 15.2 Å². The van der Waals surface area contributed by atoms with Crippen molar-refractivity contribution in [2.24, 2.45) is 20.5 Å². The molecule has 0 atom stereocenters. The molecule has 398 valence electrons. The maximum absolute atomic E-state index is 13.0. The van der Waals surface area contributed by atoms with E-state index in [-0.39, 0.29) is 114 Å². The first-order valence-corrected chi connectivity index (χ1v) is 26.6. The maximum atomic E-state index is 13.0. The molecule has 0 unspecified atom stereocenters. The Labute approximate surface area is 498 Å². The number of aromatic hydroxyl groups is 2. The quantitative estimate of drug-likeness (QED) is 0.0186. The molecule has 0 spiro atoms. The van der Waals surface area contributed by atoms with E-state index in [9.17, 15) is 95.3 Å². The number of non-ortho nitro benzene ring substituents is 2. The minimum absolute atomic E-state index is 0. The number of phenolic OH excluding ortho intramolecular Hbond substituents is 2. The van der Waals surface area contributed by atoms with Crippen molar-refractivity contribution in [3.63, 3.8) is 0 Å². The Kier molecular flexibility index (Phi) is 21.4. The van der Waals surface area contributed by atoms with Crippen LogP contribution in [0.15, 0.2) is 164 Å². The SMILES string of the molecule is O=[N+]([O-])c1ccc(O)c(N=Nc2c(S(=O)(=O)O)cc3cc(Nc4cccc(P(=O)(O)O)c4)ccc3c2O)c1.O=[N+]([O-])c1ccc([O-])c(N=Nc2c(S(=O)(=O)[O-])cc3cc(Nc4cccc(P(=O)([O-])[O-])c4)ccc3c2[O-])c1.[Co+3].[Na+].[Na+]. The average molecular weight is 1220 g/mol. The molecule has 28 nitrogen and oxygen atoms in total. The van der Waals surface area contributed by atoms with Gasteiger partial charge in [-0.15, -0.1) is 15.3 Å². The second-order valence-electron chi connectivity index (χ2n) is 15.6. The van der Waals surface area contributed by atoms with Crippen LogP contribution < -0.4 is 100 Å². The standard InChI is InChI=1S/2C22H17N4O10PS.Co.2Na/c2*27-19-7-5-15(26(29)30)11-18(19)24-25-21-20(38(34,35)36)9-12-8-14(4-6-17(12)22(21)28)23-13-2-1-3-16(10-13)37(31,32)33;;;/h2*1-11,23,27-28H,(H2,31,32,33)(H,34,35,36);;;/q;;+3;2*+1/p-5. The summed E-state index contributed by atoms with van der Waals surface area (Å²) < 4.78 is 92.5. The minimum atomic E-state index is -5.29. The molecule has 0 saturated carbocycles. The number of benzene rings is 8. The number of anilines is 4. The fourth-order valence-corrected chi connectivity index (χ4v) is 9.34. The minimum Gasteiger partial charge on any atom is -0.871 e. The van der Waals surface area contributed by atoms with E-state index in [4.69, 9.17) is 0 Å². The van der Waals surface area contributed by atoms with Gasteiger partial charge in [0.1, 0.15) is 32.1 Å². The van der Waals surface area contributed by atoms with E-state index in [0.717, 1.165) is 60.7 Å². The van der Waals surface area contributed by atoms with Crippen LogP contribution in [0.3, 0.4) is 0 Å². The van der Waals surface area contributed by atoms with Crippen LogP contribution in [0.5, 0.6) is 23.0 Å². The number of nitrogens with zero attached hydrogens (tertiary/aromatic N) is 6. The van der Waals surface area contributed by atoms with Gasteiger partial charge in [0.25, 0.3) is 21.5 Å². The van der Waals surface area contributed by atoms with Gasteiger partial charge in [-0.2, -0.15) is 13.5 Å². The number of nitrogens with one attached hydrogen (secondary N) is 2. The van der Waals surface area contributed by atoms with E-state index in [1.807, 2.05) is 0 Å². The molecule has 0 fully saturated rings. The van der Waals surface area contributed by atoms with Gasteiger partial charge in [0.2, 0.25) is 0 Å². The van der Waals surface area contributed by atoms with E-state index < -0.39 is 117 Å². The first-order chi connectivity index (χ1) is 35.5. The summed E-state index contributed by atoms with van der Waals surface area (Å²) >= 11 is 0. The number of hydrogen-bond acceptors (Lipinski definition) is 23. The number of azo groups is 2. The predicted octanol–water partition coefficient (Wildman–Crippen LogP) is -0.129. The Bertz CT molecular complexity index is 3860. The normalized spacial score (nSPS) is 11.7. The molecule has 0 saturated heterocycles. The number of rotatable bonds is 14. The van der Waals surface area contributed by atoms with Gasteiger partial charge in [-0.1, -0.05) is 41.8 Å². The predicted molar refractivity (Wildman–Crippen MR) is 261 cm³/mol. The molecule has 0 amide bonds. The molecule has 0 radical (unpaired) electrons. The molecule has 0 bridgehead atoms. The third kappa shape index (κ3) is 16.0. The number of fused-ring (bicyclic) bond motifs is 2. The summed E-state index contributed by atoms with van der Waals surface area (Å²) in [6.45, 7) is 0. The smallest absolute Gasteiger partial charge is 0.871 e. The van der Waals surface area contributed by atoms with Crippen LogP contribution in [0.25, 0.3) is 21.5 Å². The summed E-state index contributed by atoms with van der Waals surface area (Å²) in [7, 11) is -19.8. The molecule has 0 aliphatic heterocycles. The summed E-state index contributed by atoms with van der Waals surface area (Å²) in [6.07, 6.45) is 0. The third-order valence-corrected chi connectivity index (χ3v) is 14.0. The van der Waals surface area contributed by atoms with Crippen LogP contribution in [0.2, 0.25) is 0 Å². The zero-order valence-electron chi connectivity index (χ0n) is 39.8. The average Bonchev–Trinajstić information content (AvgIpc) is 3.34. The van der Waals surface area contributed by atoms with Crippen LogP contribution in [-0.2, 0) is 46.1 Å². The number of nitro benzene ring substituents is 2. The van der Waals surface area contributed by atoms with Gasteiger partial charge in [0, 0.05) is 52.4 Å². The number of nitro groups is 2. The van der Waals surface area contributed by atoms with E-state index in [2.05, 4.69) is 31.1 Å². The molecule has 8 aromatic carbocycles. The second kappa shape index (κ2) is 25.9. The molecule has 79 heavy (non-hydrogen) atoms. The van der Waals surface area contributed by atoms with Gasteiger partial charge < -0.3 is 59.8 Å². The van der Waals surface area contributed by atoms with E-state index in [0.29, 0.717) is 11.4 Å². The summed E-state index contributed by atoms with van der Waals surface area (Å²) in [5.74, 6) is -3.03. The van der Waals surface area contributed by atoms with Gasteiger partial charge >= 0.3 is 83.5 Å². The summed E-state index contributed by atoms with van der Waals surface area (Å²) in [6, 6.07) is 25.9. The molecule has 0 aromatic heterocycles. The Morgan fingerprint density at radius 3 is 1.56 bits per heavy atom. The first-order valence-electron chi connectivity index (χ1n) is 20.6. The third-order valence-electron chi connectivity index (χ3n) is 10.4. The van der Waals surface area contributed by atoms with Gasteiger partial charge in [-0.05, 0) is 108 Å². The van der Waals surface area contributed by atoms with Crippen molar-refractivity contribution in [3.8, 4) is 23.0 Å². The second-order valence-corrected chi connectivity index (χ2v) is 21.4. The molecular formula is C44H29CoN8Na2O20P2S2. The van der Waals surface area contributed by atoms with Crippen molar-refractivity contribution >= 4 is 124 Å². The Morgan fingerprint density at radius 1 is 0.557 bits per heavy atom. The van der Waals surface area contributed by atoms with Gasteiger partial charge in [0.05, 0.1) is 31.4 Å². The zero-order chi connectivity index (χ0) is 55.7. The molecule has 8 rings (SSSR count). The molecule has 8 aromatic rings. The monoisotopic (exact) mass is 1220 g/mol. The molecule has 35 heteroatoms. The van der Waals surface area contributed by atoms with Crippen LogP contribution in [0, 0.1) is 20.2 Å². The van der Waals surface area contributed by atoms with Crippen LogP contribution in [0.4, 0.5) is 56.9 Å². The Morgan fingerprint density at radius 2 is 1.03 bits per heavy atom. The molecule has 0 heterocycles. The van der Waals surface area contributed by atoms with Crippen molar-refractivity contribution in [3.05, 3.63) is 154 Å². The molecular weight excluding hydrogens is 1190 g/mol. The van der Waals surface area contributed by atoms with E-state index >= 15 is 0 Å². The number of phenols is 2. The Hall–Kier alpha value is -6.29. The van der Waals surface area contributed by atoms with Crippen molar-refractivity contribution in [2.75, 3.05) is 10.6 Å². The fourth-order valence-electron chi connectivity index (χ4n) is 6.89. The van der Waals surface area contributed by atoms with E-state index in [1.54, 1.807) is 0 Å². The summed E-state index contributed by atoms with van der Waals surface area (Å²) in [5, 5.41) is 87.0. The van der Waals surface area contributed by atoms with Crippen LogP contribution in [-0.4, -0.2) is 55.8 Å². The largest absolute Gasteiger partial charge is 3.00 e. The van der Waals surface area contributed by atoms with Crippen molar-refractivity contribution in [2.45, 2.75) is 9.79 Å². The van der Waals surface area contributed by atoms with Crippen molar-refractivity contribution in [1.82, 2.24) is 0 Å². The molecule has 0 aliphatic rings. The summed E-state index contributed by atoms with van der Waals surface area (Å²) in [4.78, 5) is 59.8. The summed E-state index contributed by atoms with van der Waals surface area (Å²) in [5.41, 5.74) is -2.36. The van der Waals surface area contributed by atoms with E-state index in [1.165, 1.54) is 72.8 Å². The molecule has 0 aliphatic carbocycles. The topological polar surface area (TPSA) is 479 Å².